The highest BCUT2D eigenvalue weighted by Gasteiger charge is 2.39. The van der Waals surface area contributed by atoms with E-state index in [1.54, 1.807) is 12.1 Å². The first kappa shape index (κ1) is 15.6. The first-order valence-corrected chi connectivity index (χ1v) is 6.41. The molecule has 22 heavy (non-hydrogen) atoms. The summed E-state index contributed by atoms with van der Waals surface area (Å²) in [4.78, 5) is 52.0. The first-order chi connectivity index (χ1) is 10.5. The fourth-order valence-electron chi connectivity index (χ4n) is 1.98. The van der Waals surface area contributed by atoms with E-state index in [0.29, 0.717) is 5.06 Å². The smallest absolute Gasteiger partial charge is 0.357 e. The Balaban J connectivity index is 2.14. The second-order valence-electron chi connectivity index (χ2n) is 4.57. The fourth-order valence-corrected chi connectivity index (χ4v) is 1.98. The van der Waals surface area contributed by atoms with E-state index in [2.05, 4.69) is 5.32 Å². The van der Waals surface area contributed by atoms with Gasteiger partial charge in [0.25, 0.3) is 11.8 Å². The minimum atomic E-state index is -1.12. The lowest BCUT2D eigenvalue weighted by atomic mass is 10.1. The van der Waals surface area contributed by atoms with Crippen LogP contribution in [0.15, 0.2) is 24.3 Å². The molecule has 1 aromatic rings. The summed E-state index contributed by atoms with van der Waals surface area (Å²) in [5.74, 6) is -2.89. The van der Waals surface area contributed by atoms with Gasteiger partial charge in [-0.25, -0.2) is 4.79 Å². The van der Waals surface area contributed by atoms with Gasteiger partial charge in [0.15, 0.2) is 6.04 Å². The molecule has 0 radical (unpaired) electrons. The van der Waals surface area contributed by atoms with Gasteiger partial charge in [-0.05, 0) is 12.1 Å². The summed E-state index contributed by atoms with van der Waals surface area (Å²) >= 11 is 0. The highest BCUT2D eigenvalue weighted by atomic mass is 16.7. The summed E-state index contributed by atoms with van der Waals surface area (Å²) in [6, 6.07) is 5.00. The van der Waals surface area contributed by atoms with Crippen LogP contribution in [0.4, 0.5) is 0 Å². The van der Waals surface area contributed by atoms with Crippen molar-refractivity contribution in [3.63, 3.8) is 0 Å². The molecule has 0 aromatic heterocycles. The van der Waals surface area contributed by atoms with E-state index >= 15 is 0 Å². The largest absolute Gasteiger partial charge is 0.382 e. The van der Waals surface area contributed by atoms with Gasteiger partial charge >= 0.3 is 5.97 Å². The van der Waals surface area contributed by atoms with E-state index in [-0.39, 0.29) is 17.7 Å². The monoisotopic (exact) mass is 306 g/mol. The average Bonchev–Trinajstić information content (AvgIpc) is 2.72. The maximum atomic E-state index is 12.1. The van der Waals surface area contributed by atoms with Gasteiger partial charge in [-0.3, -0.25) is 14.4 Å². The molecule has 0 fully saturated rings. The molecule has 8 heteroatoms. The minimum absolute atomic E-state index is 0.151. The fraction of sp³-hybridized carbons (Fsp3) is 0.286. The maximum Gasteiger partial charge on any atom is 0.357 e. The van der Waals surface area contributed by atoms with Crippen molar-refractivity contribution in [2.45, 2.75) is 13.0 Å². The SMILES string of the molecule is COC[C@H](NC(C)=O)C(=O)ON1C(=O)c2ccccc2C1=O. The number of imide groups is 1. The number of carbonyl (C=O) groups excluding carboxylic acids is 4. The Kier molecular flexibility index (Phi) is 4.52. The molecular weight excluding hydrogens is 292 g/mol. The van der Waals surface area contributed by atoms with Crippen LogP contribution >= 0.6 is 0 Å². The lowest BCUT2D eigenvalue weighted by Gasteiger charge is -2.18. The molecule has 0 aliphatic carbocycles. The third-order valence-electron chi connectivity index (χ3n) is 2.93. The molecule has 0 saturated carbocycles. The Hall–Kier alpha value is -2.74. The van der Waals surface area contributed by atoms with Crippen LogP contribution in [0.25, 0.3) is 0 Å². The second kappa shape index (κ2) is 6.35. The number of ether oxygens (including phenoxy) is 1. The van der Waals surface area contributed by atoms with E-state index in [9.17, 15) is 19.2 Å². The van der Waals surface area contributed by atoms with Crippen molar-refractivity contribution in [1.82, 2.24) is 10.4 Å². The third kappa shape index (κ3) is 2.96. The number of hydrogen-bond donors (Lipinski definition) is 1. The Morgan fingerprint density at radius 2 is 1.73 bits per heavy atom. The normalized spacial score (nSPS) is 14.5. The van der Waals surface area contributed by atoms with E-state index < -0.39 is 29.7 Å². The molecule has 0 spiro atoms. The van der Waals surface area contributed by atoms with E-state index in [1.807, 2.05) is 0 Å². The van der Waals surface area contributed by atoms with Gasteiger partial charge in [-0.2, -0.15) is 0 Å². The van der Waals surface area contributed by atoms with Crippen LogP contribution in [-0.4, -0.2) is 48.5 Å². The number of rotatable bonds is 5. The van der Waals surface area contributed by atoms with Crippen molar-refractivity contribution < 1.29 is 28.8 Å². The van der Waals surface area contributed by atoms with Crippen molar-refractivity contribution in [1.29, 1.82) is 0 Å². The van der Waals surface area contributed by atoms with E-state index in [1.165, 1.54) is 26.2 Å². The zero-order valence-corrected chi connectivity index (χ0v) is 12.0. The van der Waals surface area contributed by atoms with Crippen molar-refractivity contribution >= 4 is 23.7 Å². The molecule has 8 nitrogen and oxygen atoms in total. The number of hydrogen-bond acceptors (Lipinski definition) is 6. The topological polar surface area (TPSA) is 102 Å². The highest BCUT2D eigenvalue weighted by molar-refractivity contribution is 6.20. The lowest BCUT2D eigenvalue weighted by molar-refractivity contribution is -0.173. The number of nitrogens with zero attached hydrogens (tertiary/aromatic N) is 1. The summed E-state index contributed by atoms with van der Waals surface area (Å²) in [5, 5.41) is 2.70. The lowest BCUT2D eigenvalue weighted by Crippen LogP contribution is -2.47. The maximum absolute atomic E-state index is 12.1. The van der Waals surface area contributed by atoms with Gasteiger partial charge in [0.1, 0.15) is 0 Å². The molecule has 1 aliphatic rings. The number of benzene rings is 1. The number of hydroxylamine groups is 2. The predicted octanol–water partition coefficient (Wildman–Crippen LogP) is -0.108. The molecule has 0 unspecified atom stereocenters. The first-order valence-electron chi connectivity index (χ1n) is 6.41. The molecule has 3 amide bonds. The van der Waals surface area contributed by atoms with Gasteiger partial charge in [0, 0.05) is 14.0 Å². The van der Waals surface area contributed by atoms with Crippen LogP contribution in [0.2, 0.25) is 0 Å². The zero-order valence-electron chi connectivity index (χ0n) is 12.0. The summed E-state index contributed by atoms with van der Waals surface area (Å²) in [5.41, 5.74) is 0.311. The van der Waals surface area contributed by atoms with Gasteiger partial charge in [-0.1, -0.05) is 17.2 Å². The van der Waals surface area contributed by atoms with Gasteiger partial charge in [0.05, 0.1) is 17.7 Å². The number of amides is 3. The second-order valence-corrected chi connectivity index (χ2v) is 4.57. The molecule has 1 aromatic carbocycles. The van der Waals surface area contributed by atoms with Crippen molar-refractivity contribution in [2.24, 2.45) is 0 Å². The minimum Gasteiger partial charge on any atom is -0.382 e. The van der Waals surface area contributed by atoms with Crippen LogP contribution in [-0.2, 0) is 19.2 Å². The third-order valence-corrected chi connectivity index (χ3v) is 2.93. The molecule has 1 N–H and O–H groups in total. The van der Waals surface area contributed by atoms with Crippen LogP contribution in [0.5, 0.6) is 0 Å². The molecule has 116 valence electrons. The van der Waals surface area contributed by atoms with Gasteiger partial charge < -0.3 is 14.9 Å². The number of nitrogens with one attached hydrogen (secondary N) is 1. The standard InChI is InChI=1S/C14H14N2O6/c1-8(17)15-11(7-21-2)14(20)22-16-12(18)9-5-3-4-6-10(9)13(16)19/h3-6,11H,7H2,1-2H3,(H,15,17)/t11-/m0/s1. The van der Waals surface area contributed by atoms with E-state index in [0.717, 1.165) is 0 Å². The Bertz CT molecular complexity index is 607. The molecule has 0 bridgehead atoms. The Labute approximate surface area is 125 Å². The number of fused-ring (bicyclic) bond motifs is 1. The van der Waals surface area contributed by atoms with Crippen LogP contribution < -0.4 is 5.32 Å². The summed E-state index contributed by atoms with van der Waals surface area (Å²) in [6.45, 7) is 1.07. The summed E-state index contributed by atoms with van der Waals surface area (Å²) in [6.07, 6.45) is 0. The van der Waals surface area contributed by atoms with Crippen molar-refractivity contribution in [3.05, 3.63) is 35.4 Å². The number of carbonyl (C=O) groups is 4. The average molecular weight is 306 g/mol. The molecule has 1 atom stereocenters. The molecule has 1 heterocycles. The Morgan fingerprint density at radius 1 is 1.18 bits per heavy atom. The number of methoxy groups -OCH3 is 1. The molecular formula is C14H14N2O6. The zero-order chi connectivity index (χ0) is 16.3. The van der Waals surface area contributed by atoms with Crippen LogP contribution in [0, 0.1) is 0 Å². The Morgan fingerprint density at radius 3 is 2.18 bits per heavy atom. The predicted molar refractivity (Wildman–Crippen MR) is 72.5 cm³/mol. The van der Waals surface area contributed by atoms with Crippen molar-refractivity contribution in [3.8, 4) is 0 Å². The van der Waals surface area contributed by atoms with E-state index in [4.69, 9.17) is 9.57 Å². The molecule has 0 saturated heterocycles. The molecule has 1 aliphatic heterocycles. The van der Waals surface area contributed by atoms with Crippen LogP contribution in [0.3, 0.4) is 0 Å². The summed E-state index contributed by atoms with van der Waals surface area (Å²) < 4.78 is 4.80. The highest BCUT2D eigenvalue weighted by Crippen LogP contribution is 2.22. The quantitative estimate of drug-likeness (QED) is 0.762. The van der Waals surface area contributed by atoms with Gasteiger partial charge in [0.2, 0.25) is 5.91 Å². The molecule has 2 rings (SSSR count). The van der Waals surface area contributed by atoms with Crippen LogP contribution in [0.1, 0.15) is 27.6 Å². The summed E-state index contributed by atoms with van der Waals surface area (Å²) in [7, 11) is 1.34. The van der Waals surface area contributed by atoms with Gasteiger partial charge in [-0.15, -0.1) is 0 Å². The van der Waals surface area contributed by atoms with Crippen molar-refractivity contribution in [2.75, 3.05) is 13.7 Å².